The molecule has 24 heavy (non-hydrogen) atoms. The van der Waals surface area contributed by atoms with Gasteiger partial charge in [0.25, 0.3) is 0 Å². The number of carbonyl (C=O) groups excluding carboxylic acids is 1. The van der Waals surface area contributed by atoms with Gasteiger partial charge in [0.2, 0.25) is 5.91 Å². The van der Waals surface area contributed by atoms with E-state index in [9.17, 15) is 4.79 Å². The van der Waals surface area contributed by atoms with Gasteiger partial charge in [0.15, 0.2) is 0 Å². The summed E-state index contributed by atoms with van der Waals surface area (Å²) in [6, 6.07) is 8.18. The first kappa shape index (κ1) is 20.8. The molecule has 0 radical (unpaired) electrons. The maximum Gasteiger partial charge on any atom is 0.220 e. The lowest BCUT2D eigenvalue weighted by Gasteiger charge is -2.22. The second kappa shape index (κ2) is 11.3. The number of halogens is 1. The molecule has 0 saturated carbocycles. The Balaban J connectivity index is 0.00000288. The van der Waals surface area contributed by atoms with Gasteiger partial charge in [-0.25, -0.2) is 0 Å². The number of hydrogen-bond donors (Lipinski definition) is 2. The number of amides is 1. The van der Waals surface area contributed by atoms with Crippen molar-refractivity contribution in [3.8, 4) is 5.75 Å². The fourth-order valence-corrected chi connectivity index (χ4v) is 3.12. The van der Waals surface area contributed by atoms with Crippen LogP contribution in [0.4, 0.5) is 0 Å². The maximum absolute atomic E-state index is 11.9. The van der Waals surface area contributed by atoms with Gasteiger partial charge in [-0.2, -0.15) is 0 Å². The summed E-state index contributed by atoms with van der Waals surface area (Å²) in [4.78, 5) is 11.9. The normalized spacial score (nSPS) is 16.1. The van der Waals surface area contributed by atoms with Crippen molar-refractivity contribution in [3.63, 3.8) is 0 Å². The molecular formula is C19H31ClN2O2. The molecule has 0 bridgehead atoms. The van der Waals surface area contributed by atoms with Crippen molar-refractivity contribution < 1.29 is 9.53 Å². The largest absolute Gasteiger partial charge is 0.497 e. The highest BCUT2D eigenvalue weighted by molar-refractivity contribution is 5.85. The number of benzene rings is 1. The van der Waals surface area contributed by atoms with Crippen molar-refractivity contribution in [2.24, 2.45) is 5.92 Å². The third-order valence-corrected chi connectivity index (χ3v) is 4.82. The van der Waals surface area contributed by atoms with E-state index < -0.39 is 0 Å². The van der Waals surface area contributed by atoms with Gasteiger partial charge in [0, 0.05) is 13.0 Å². The Kier molecular flexibility index (Phi) is 9.80. The SMILES string of the molecule is COc1ccc(C(C)CCNC(=O)CCC2CCNCC2)cc1.Cl. The topological polar surface area (TPSA) is 50.4 Å². The minimum Gasteiger partial charge on any atom is -0.497 e. The molecule has 1 aliphatic heterocycles. The first-order chi connectivity index (χ1) is 11.2. The molecule has 1 aliphatic rings. The number of carbonyl (C=O) groups is 1. The Morgan fingerprint density at radius 3 is 2.58 bits per heavy atom. The summed E-state index contributed by atoms with van der Waals surface area (Å²) in [7, 11) is 1.68. The molecule has 1 atom stereocenters. The minimum absolute atomic E-state index is 0. The van der Waals surface area contributed by atoms with E-state index in [1.54, 1.807) is 7.11 Å². The summed E-state index contributed by atoms with van der Waals surface area (Å²) >= 11 is 0. The predicted molar refractivity (Wildman–Crippen MR) is 101 cm³/mol. The molecule has 1 fully saturated rings. The van der Waals surface area contributed by atoms with Crippen molar-refractivity contribution in [1.82, 2.24) is 10.6 Å². The first-order valence-electron chi connectivity index (χ1n) is 8.80. The van der Waals surface area contributed by atoms with Gasteiger partial charge in [-0.3, -0.25) is 4.79 Å². The third-order valence-electron chi connectivity index (χ3n) is 4.82. The van der Waals surface area contributed by atoms with E-state index in [-0.39, 0.29) is 18.3 Å². The lowest BCUT2D eigenvalue weighted by atomic mass is 9.93. The minimum atomic E-state index is 0. The Morgan fingerprint density at radius 2 is 1.96 bits per heavy atom. The van der Waals surface area contributed by atoms with Crippen LogP contribution in [0.3, 0.4) is 0 Å². The van der Waals surface area contributed by atoms with E-state index in [2.05, 4.69) is 29.7 Å². The van der Waals surface area contributed by atoms with Gasteiger partial charge in [0.05, 0.1) is 7.11 Å². The van der Waals surface area contributed by atoms with Crippen LogP contribution in [0.15, 0.2) is 24.3 Å². The highest BCUT2D eigenvalue weighted by Gasteiger charge is 2.14. The Morgan fingerprint density at radius 1 is 1.29 bits per heavy atom. The van der Waals surface area contributed by atoms with Crippen molar-refractivity contribution in [2.45, 2.75) is 44.9 Å². The second-order valence-electron chi connectivity index (χ2n) is 6.54. The van der Waals surface area contributed by atoms with Crippen LogP contribution in [-0.2, 0) is 4.79 Å². The molecule has 1 saturated heterocycles. The molecule has 1 amide bonds. The smallest absolute Gasteiger partial charge is 0.220 e. The molecule has 0 spiro atoms. The van der Waals surface area contributed by atoms with E-state index in [1.165, 1.54) is 18.4 Å². The molecule has 1 unspecified atom stereocenters. The molecule has 4 nitrogen and oxygen atoms in total. The number of piperidine rings is 1. The van der Waals surface area contributed by atoms with E-state index in [1.807, 2.05) is 12.1 Å². The molecular weight excluding hydrogens is 324 g/mol. The molecule has 1 aromatic carbocycles. The van der Waals surface area contributed by atoms with Crippen LogP contribution in [-0.4, -0.2) is 32.7 Å². The zero-order valence-corrected chi connectivity index (χ0v) is 15.7. The lowest BCUT2D eigenvalue weighted by Crippen LogP contribution is -2.30. The van der Waals surface area contributed by atoms with Gasteiger partial charge >= 0.3 is 0 Å². The standard InChI is InChI=1S/C19H30N2O2.ClH/c1-15(17-4-6-18(23-2)7-5-17)9-14-21-19(22)8-3-16-10-12-20-13-11-16;/h4-7,15-16,20H,3,8-14H2,1-2H3,(H,21,22);1H. The summed E-state index contributed by atoms with van der Waals surface area (Å²) in [5.41, 5.74) is 1.29. The molecule has 1 aromatic rings. The van der Waals surface area contributed by atoms with E-state index in [4.69, 9.17) is 4.74 Å². The lowest BCUT2D eigenvalue weighted by molar-refractivity contribution is -0.121. The number of nitrogens with one attached hydrogen (secondary N) is 2. The quantitative estimate of drug-likeness (QED) is 0.751. The Bertz CT molecular complexity index is 473. The first-order valence-corrected chi connectivity index (χ1v) is 8.80. The molecule has 136 valence electrons. The highest BCUT2D eigenvalue weighted by Crippen LogP contribution is 2.21. The fraction of sp³-hybridized carbons (Fsp3) is 0.632. The van der Waals surface area contributed by atoms with Crippen molar-refractivity contribution in [3.05, 3.63) is 29.8 Å². The van der Waals surface area contributed by atoms with Gasteiger partial charge in [-0.1, -0.05) is 19.1 Å². The number of rotatable bonds is 8. The number of methoxy groups -OCH3 is 1. The Hall–Kier alpha value is -1.26. The monoisotopic (exact) mass is 354 g/mol. The van der Waals surface area contributed by atoms with E-state index >= 15 is 0 Å². The van der Waals surface area contributed by atoms with Crippen LogP contribution in [0.5, 0.6) is 5.75 Å². The summed E-state index contributed by atoms with van der Waals surface area (Å²) in [6.07, 6.45) is 5.08. The van der Waals surface area contributed by atoms with Crippen LogP contribution >= 0.6 is 12.4 Å². The third kappa shape index (κ3) is 7.10. The average molecular weight is 355 g/mol. The van der Waals surface area contributed by atoms with Crippen molar-refractivity contribution >= 4 is 18.3 Å². The summed E-state index contributed by atoms with van der Waals surface area (Å²) in [6.45, 7) is 5.15. The van der Waals surface area contributed by atoms with Crippen LogP contribution in [0, 0.1) is 5.92 Å². The summed E-state index contributed by atoms with van der Waals surface area (Å²) in [5.74, 6) is 2.24. The van der Waals surface area contributed by atoms with Crippen LogP contribution in [0.1, 0.15) is 50.5 Å². The number of hydrogen-bond acceptors (Lipinski definition) is 3. The van der Waals surface area contributed by atoms with Crippen LogP contribution in [0.25, 0.3) is 0 Å². The van der Waals surface area contributed by atoms with E-state index in [0.717, 1.165) is 44.1 Å². The van der Waals surface area contributed by atoms with Crippen molar-refractivity contribution in [1.29, 1.82) is 0 Å². The van der Waals surface area contributed by atoms with Gasteiger partial charge in [0.1, 0.15) is 5.75 Å². The molecule has 0 aliphatic carbocycles. The van der Waals surface area contributed by atoms with Crippen LogP contribution in [0.2, 0.25) is 0 Å². The predicted octanol–water partition coefficient (Wildman–Crippen LogP) is 3.51. The van der Waals surface area contributed by atoms with E-state index in [0.29, 0.717) is 12.3 Å². The maximum atomic E-state index is 11.9. The van der Waals surface area contributed by atoms with Gasteiger partial charge < -0.3 is 15.4 Å². The van der Waals surface area contributed by atoms with Gasteiger partial charge in [-0.05, 0) is 68.3 Å². The van der Waals surface area contributed by atoms with Crippen LogP contribution < -0.4 is 15.4 Å². The van der Waals surface area contributed by atoms with Crippen molar-refractivity contribution in [2.75, 3.05) is 26.7 Å². The van der Waals surface area contributed by atoms with Gasteiger partial charge in [-0.15, -0.1) is 12.4 Å². The zero-order chi connectivity index (χ0) is 16.5. The summed E-state index contributed by atoms with van der Waals surface area (Å²) in [5, 5.41) is 6.43. The number of ether oxygens (including phenoxy) is 1. The Labute approximate surface area is 152 Å². The fourth-order valence-electron chi connectivity index (χ4n) is 3.12. The average Bonchev–Trinajstić information content (AvgIpc) is 2.61. The molecule has 2 N–H and O–H groups in total. The summed E-state index contributed by atoms with van der Waals surface area (Å²) < 4.78 is 5.18. The highest BCUT2D eigenvalue weighted by atomic mass is 35.5. The molecule has 5 heteroatoms. The zero-order valence-electron chi connectivity index (χ0n) is 14.8. The molecule has 0 aromatic heterocycles. The molecule has 1 heterocycles. The molecule has 2 rings (SSSR count). The second-order valence-corrected chi connectivity index (χ2v) is 6.54.